The number of rotatable bonds is 3. The summed E-state index contributed by atoms with van der Waals surface area (Å²) >= 11 is 0. The average Bonchev–Trinajstić information content (AvgIpc) is 2.88. The molecule has 23 heavy (non-hydrogen) atoms. The number of aryl methyl sites for hydroxylation is 1. The smallest absolute Gasteiger partial charge is 0.255 e. The summed E-state index contributed by atoms with van der Waals surface area (Å²) in [5.74, 6) is -0.744. The second-order valence-electron chi connectivity index (χ2n) is 5.49. The maximum absolute atomic E-state index is 12.3. The Balaban J connectivity index is 1.81. The third-order valence-corrected chi connectivity index (χ3v) is 3.73. The molecule has 0 radical (unpaired) electrons. The van der Waals surface area contributed by atoms with Crippen LogP contribution in [-0.2, 0) is 9.59 Å². The van der Waals surface area contributed by atoms with Crippen molar-refractivity contribution in [1.82, 2.24) is 0 Å². The molecule has 1 fully saturated rings. The number of nitrogens with one attached hydrogen (secondary N) is 1. The quantitative estimate of drug-likeness (QED) is 0.887. The highest BCUT2D eigenvalue weighted by Crippen LogP contribution is 2.23. The van der Waals surface area contributed by atoms with E-state index in [1.54, 1.807) is 24.3 Å². The predicted molar refractivity (Wildman–Crippen MR) is 87.3 cm³/mol. The van der Waals surface area contributed by atoms with Crippen molar-refractivity contribution in [1.29, 1.82) is 0 Å². The van der Waals surface area contributed by atoms with E-state index in [0.29, 0.717) is 16.9 Å². The van der Waals surface area contributed by atoms with Crippen LogP contribution < -0.4 is 10.2 Å². The van der Waals surface area contributed by atoms with E-state index >= 15 is 0 Å². The molecule has 5 heteroatoms. The van der Waals surface area contributed by atoms with E-state index in [-0.39, 0.29) is 30.6 Å². The Morgan fingerprint density at radius 1 is 1.00 bits per heavy atom. The molecule has 0 saturated carbocycles. The van der Waals surface area contributed by atoms with Gasteiger partial charge in [-0.2, -0.15) is 0 Å². The van der Waals surface area contributed by atoms with Gasteiger partial charge in [0, 0.05) is 24.1 Å². The number of benzene rings is 2. The van der Waals surface area contributed by atoms with E-state index in [2.05, 4.69) is 5.32 Å². The maximum atomic E-state index is 12.3. The number of amides is 3. The van der Waals surface area contributed by atoms with E-state index < -0.39 is 0 Å². The SMILES string of the molecule is Cc1ccc(NC(=O)c2cccc(N3C(=O)CCC3=O)c2)cc1. The summed E-state index contributed by atoms with van der Waals surface area (Å²) in [6, 6.07) is 14.0. The summed E-state index contributed by atoms with van der Waals surface area (Å²) < 4.78 is 0. The number of carbonyl (C=O) groups is 3. The number of hydrogen-bond donors (Lipinski definition) is 1. The fraction of sp³-hybridized carbons (Fsp3) is 0.167. The van der Waals surface area contributed by atoms with Gasteiger partial charge < -0.3 is 5.32 Å². The van der Waals surface area contributed by atoms with Crippen LogP contribution in [0, 0.1) is 6.92 Å². The van der Waals surface area contributed by atoms with Gasteiger partial charge >= 0.3 is 0 Å². The minimum Gasteiger partial charge on any atom is -0.322 e. The van der Waals surface area contributed by atoms with Crippen molar-refractivity contribution >= 4 is 29.1 Å². The second kappa shape index (κ2) is 6.04. The summed E-state index contributed by atoms with van der Waals surface area (Å²) in [4.78, 5) is 37.1. The lowest BCUT2D eigenvalue weighted by Crippen LogP contribution is -2.28. The molecule has 5 nitrogen and oxygen atoms in total. The zero-order valence-electron chi connectivity index (χ0n) is 12.7. The van der Waals surface area contributed by atoms with Crippen molar-refractivity contribution in [2.24, 2.45) is 0 Å². The van der Waals surface area contributed by atoms with Crippen molar-refractivity contribution in [2.75, 3.05) is 10.2 Å². The van der Waals surface area contributed by atoms with E-state index in [4.69, 9.17) is 0 Å². The molecule has 0 aliphatic carbocycles. The molecule has 2 aromatic carbocycles. The summed E-state index contributed by atoms with van der Waals surface area (Å²) in [6.45, 7) is 1.97. The predicted octanol–water partition coefficient (Wildman–Crippen LogP) is 2.90. The standard InChI is InChI=1S/C18H16N2O3/c1-12-5-7-14(8-6-12)19-18(23)13-3-2-4-15(11-13)20-16(21)9-10-17(20)22/h2-8,11H,9-10H2,1H3,(H,19,23). The van der Waals surface area contributed by atoms with Crippen LogP contribution in [0.2, 0.25) is 0 Å². The Bertz CT molecular complexity index is 765. The van der Waals surface area contributed by atoms with Crippen LogP contribution in [0.3, 0.4) is 0 Å². The summed E-state index contributed by atoms with van der Waals surface area (Å²) in [7, 11) is 0. The lowest BCUT2D eigenvalue weighted by molar-refractivity contribution is -0.121. The Kier molecular flexibility index (Phi) is 3.93. The Morgan fingerprint density at radius 2 is 1.65 bits per heavy atom. The van der Waals surface area contributed by atoms with Gasteiger partial charge in [-0.3, -0.25) is 19.3 Å². The molecule has 1 aliphatic heterocycles. The van der Waals surface area contributed by atoms with Crippen LogP contribution in [0.25, 0.3) is 0 Å². The van der Waals surface area contributed by atoms with Gasteiger partial charge in [-0.15, -0.1) is 0 Å². The molecule has 1 aliphatic rings. The summed E-state index contributed by atoms with van der Waals surface area (Å²) in [5, 5.41) is 2.80. The topological polar surface area (TPSA) is 66.5 Å². The van der Waals surface area contributed by atoms with Crippen LogP contribution >= 0.6 is 0 Å². The van der Waals surface area contributed by atoms with Gasteiger partial charge in [0.05, 0.1) is 5.69 Å². The van der Waals surface area contributed by atoms with Crippen LogP contribution in [0.1, 0.15) is 28.8 Å². The lowest BCUT2D eigenvalue weighted by atomic mass is 10.1. The van der Waals surface area contributed by atoms with Gasteiger partial charge in [-0.1, -0.05) is 23.8 Å². The first-order chi connectivity index (χ1) is 11.0. The Morgan fingerprint density at radius 3 is 2.30 bits per heavy atom. The number of carbonyl (C=O) groups excluding carboxylic acids is 3. The highest BCUT2D eigenvalue weighted by Gasteiger charge is 2.30. The zero-order valence-corrected chi connectivity index (χ0v) is 12.7. The first-order valence-electron chi connectivity index (χ1n) is 7.38. The van der Waals surface area contributed by atoms with Gasteiger partial charge in [0.25, 0.3) is 5.91 Å². The number of imide groups is 1. The van der Waals surface area contributed by atoms with Gasteiger partial charge in [0.1, 0.15) is 0 Å². The minimum absolute atomic E-state index is 0.221. The fourth-order valence-electron chi connectivity index (χ4n) is 2.49. The number of nitrogens with zero attached hydrogens (tertiary/aromatic N) is 1. The molecule has 1 N–H and O–H groups in total. The largest absolute Gasteiger partial charge is 0.322 e. The normalized spacial score (nSPS) is 14.2. The monoisotopic (exact) mass is 308 g/mol. The van der Waals surface area contributed by atoms with Gasteiger partial charge in [-0.25, -0.2) is 0 Å². The van der Waals surface area contributed by atoms with Gasteiger partial charge in [0.2, 0.25) is 11.8 Å². The van der Waals surface area contributed by atoms with Crippen LogP contribution in [-0.4, -0.2) is 17.7 Å². The van der Waals surface area contributed by atoms with Crippen molar-refractivity contribution < 1.29 is 14.4 Å². The van der Waals surface area contributed by atoms with E-state index in [1.807, 2.05) is 31.2 Å². The molecule has 2 aromatic rings. The Labute approximate surface area is 133 Å². The molecule has 0 aromatic heterocycles. The third-order valence-electron chi connectivity index (χ3n) is 3.73. The van der Waals surface area contributed by atoms with Crippen molar-refractivity contribution in [2.45, 2.75) is 19.8 Å². The van der Waals surface area contributed by atoms with Gasteiger partial charge in [-0.05, 0) is 37.3 Å². The van der Waals surface area contributed by atoms with Crippen LogP contribution in [0.4, 0.5) is 11.4 Å². The lowest BCUT2D eigenvalue weighted by Gasteiger charge is -2.14. The van der Waals surface area contributed by atoms with Crippen molar-refractivity contribution in [3.8, 4) is 0 Å². The Hall–Kier alpha value is -2.95. The molecule has 0 unspecified atom stereocenters. The van der Waals surface area contributed by atoms with E-state index in [1.165, 1.54) is 0 Å². The molecule has 0 spiro atoms. The molecule has 116 valence electrons. The third kappa shape index (κ3) is 3.13. The van der Waals surface area contributed by atoms with Crippen molar-refractivity contribution in [3.05, 3.63) is 59.7 Å². The first-order valence-corrected chi connectivity index (χ1v) is 7.38. The molecule has 1 saturated heterocycles. The number of hydrogen-bond acceptors (Lipinski definition) is 3. The zero-order chi connectivity index (χ0) is 16.4. The maximum Gasteiger partial charge on any atom is 0.255 e. The molecule has 0 bridgehead atoms. The fourth-order valence-corrected chi connectivity index (χ4v) is 2.49. The highest BCUT2D eigenvalue weighted by molar-refractivity contribution is 6.20. The highest BCUT2D eigenvalue weighted by atomic mass is 16.2. The molecule has 0 atom stereocenters. The van der Waals surface area contributed by atoms with Gasteiger partial charge in [0.15, 0.2) is 0 Å². The molecular weight excluding hydrogens is 292 g/mol. The summed E-state index contributed by atoms with van der Waals surface area (Å²) in [5.41, 5.74) is 2.64. The second-order valence-corrected chi connectivity index (χ2v) is 5.49. The molecule has 1 heterocycles. The van der Waals surface area contributed by atoms with Crippen LogP contribution in [0.15, 0.2) is 48.5 Å². The van der Waals surface area contributed by atoms with E-state index in [9.17, 15) is 14.4 Å². The first kappa shape index (κ1) is 15.0. The molecule has 3 rings (SSSR count). The van der Waals surface area contributed by atoms with Crippen molar-refractivity contribution in [3.63, 3.8) is 0 Å². The average molecular weight is 308 g/mol. The minimum atomic E-state index is -0.283. The molecular formula is C18H16N2O3. The van der Waals surface area contributed by atoms with E-state index in [0.717, 1.165) is 10.5 Å². The summed E-state index contributed by atoms with van der Waals surface area (Å²) in [6.07, 6.45) is 0.442. The number of anilines is 2. The van der Waals surface area contributed by atoms with Crippen LogP contribution in [0.5, 0.6) is 0 Å². The molecule has 3 amide bonds.